The zero-order valence-electron chi connectivity index (χ0n) is 18.3. The van der Waals surface area contributed by atoms with E-state index in [1.807, 2.05) is 67.6 Å². The standard InChI is InChI=1S/C26H23IN2O4/c1-17-8-10-18(11-9-17)15-29-25(30)22(28-26(29)31)13-20-12-21(27)24(23(14-20)32-2)33-16-19-6-4-3-5-7-19/h3-14H,15-16H2,1-2H3,(H,28,31)/b22-13+. The Balaban J connectivity index is 1.53. The van der Waals surface area contributed by atoms with Gasteiger partial charge in [-0.1, -0.05) is 60.2 Å². The van der Waals surface area contributed by atoms with E-state index in [1.54, 1.807) is 19.3 Å². The molecule has 1 N–H and O–H groups in total. The average molecular weight is 554 g/mol. The molecule has 0 atom stereocenters. The van der Waals surface area contributed by atoms with E-state index >= 15 is 0 Å². The predicted octanol–water partition coefficient (Wildman–Crippen LogP) is 5.28. The SMILES string of the molecule is COc1cc(/C=C2/NC(=O)N(Cc3ccc(C)cc3)C2=O)cc(I)c1OCc1ccccc1. The number of hydrogen-bond acceptors (Lipinski definition) is 4. The third kappa shape index (κ3) is 5.36. The summed E-state index contributed by atoms with van der Waals surface area (Å²) in [6, 6.07) is 20.9. The van der Waals surface area contributed by atoms with Crippen molar-refractivity contribution in [2.45, 2.75) is 20.1 Å². The monoisotopic (exact) mass is 554 g/mol. The molecule has 1 aliphatic heterocycles. The lowest BCUT2D eigenvalue weighted by Gasteiger charge is -2.14. The molecule has 3 amide bonds. The molecule has 0 bridgehead atoms. The van der Waals surface area contributed by atoms with Crippen molar-refractivity contribution in [3.8, 4) is 11.5 Å². The van der Waals surface area contributed by atoms with E-state index in [1.165, 1.54) is 4.90 Å². The molecule has 6 nitrogen and oxygen atoms in total. The number of benzene rings is 3. The topological polar surface area (TPSA) is 67.9 Å². The molecule has 0 saturated carbocycles. The second-order valence-electron chi connectivity index (χ2n) is 7.67. The number of halogens is 1. The van der Waals surface area contributed by atoms with Crippen LogP contribution < -0.4 is 14.8 Å². The van der Waals surface area contributed by atoms with E-state index in [0.717, 1.165) is 25.8 Å². The molecular formula is C26H23IN2O4. The molecule has 3 aromatic carbocycles. The van der Waals surface area contributed by atoms with Crippen LogP contribution in [0.15, 0.2) is 72.4 Å². The number of hydrogen-bond donors (Lipinski definition) is 1. The number of carbonyl (C=O) groups excluding carboxylic acids is 2. The smallest absolute Gasteiger partial charge is 0.329 e. The lowest BCUT2D eigenvalue weighted by molar-refractivity contribution is -0.123. The molecule has 168 valence electrons. The van der Waals surface area contributed by atoms with Gasteiger partial charge in [-0.3, -0.25) is 9.69 Å². The molecule has 33 heavy (non-hydrogen) atoms. The van der Waals surface area contributed by atoms with Crippen LogP contribution in [0.2, 0.25) is 0 Å². The number of carbonyl (C=O) groups is 2. The number of rotatable bonds is 7. The Kier molecular flexibility index (Phi) is 6.98. The zero-order chi connectivity index (χ0) is 23.4. The lowest BCUT2D eigenvalue weighted by atomic mass is 10.1. The van der Waals surface area contributed by atoms with E-state index in [4.69, 9.17) is 9.47 Å². The molecule has 4 rings (SSSR count). The highest BCUT2D eigenvalue weighted by Crippen LogP contribution is 2.35. The fraction of sp³-hybridized carbons (Fsp3) is 0.154. The first-order chi connectivity index (χ1) is 15.9. The number of urea groups is 1. The van der Waals surface area contributed by atoms with Crippen molar-refractivity contribution in [1.82, 2.24) is 10.2 Å². The van der Waals surface area contributed by atoms with Crippen LogP contribution in [-0.2, 0) is 17.9 Å². The molecular weight excluding hydrogens is 531 g/mol. The van der Waals surface area contributed by atoms with E-state index in [9.17, 15) is 9.59 Å². The van der Waals surface area contributed by atoms with E-state index < -0.39 is 6.03 Å². The Labute approximate surface area is 206 Å². The molecule has 0 aromatic heterocycles. The minimum atomic E-state index is -0.434. The summed E-state index contributed by atoms with van der Waals surface area (Å²) < 4.78 is 12.4. The number of amides is 3. The van der Waals surface area contributed by atoms with E-state index in [2.05, 4.69) is 27.9 Å². The van der Waals surface area contributed by atoms with Gasteiger partial charge in [0.25, 0.3) is 5.91 Å². The number of nitrogens with one attached hydrogen (secondary N) is 1. The van der Waals surface area contributed by atoms with Crippen molar-refractivity contribution >= 4 is 40.6 Å². The summed E-state index contributed by atoms with van der Waals surface area (Å²) in [5.41, 5.74) is 4.01. The van der Waals surface area contributed by atoms with Gasteiger partial charge in [-0.15, -0.1) is 0 Å². The second kappa shape index (κ2) is 10.1. The van der Waals surface area contributed by atoms with Crippen molar-refractivity contribution in [3.63, 3.8) is 0 Å². The summed E-state index contributed by atoms with van der Waals surface area (Å²) in [5, 5.41) is 2.68. The molecule has 1 saturated heterocycles. The van der Waals surface area contributed by atoms with Gasteiger partial charge in [-0.2, -0.15) is 0 Å². The number of methoxy groups -OCH3 is 1. The van der Waals surface area contributed by atoms with Crippen LogP contribution in [0.4, 0.5) is 4.79 Å². The Morgan fingerprint density at radius 1 is 1.00 bits per heavy atom. The van der Waals surface area contributed by atoms with Gasteiger partial charge in [0.2, 0.25) is 0 Å². The number of imide groups is 1. The van der Waals surface area contributed by atoms with Crippen molar-refractivity contribution in [1.29, 1.82) is 0 Å². The summed E-state index contributed by atoms with van der Waals surface area (Å²) in [6.07, 6.45) is 1.65. The van der Waals surface area contributed by atoms with Gasteiger partial charge in [-0.25, -0.2) is 4.79 Å². The Hall–Kier alpha value is -3.33. The normalized spacial score (nSPS) is 14.5. The number of aryl methyl sites for hydroxylation is 1. The lowest BCUT2D eigenvalue weighted by Crippen LogP contribution is -2.30. The molecule has 0 unspecified atom stereocenters. The zero-order valence-corrected chi connectivity index (χ0v) is 20.5. The van der Waals surface area contributed by atoms with Gasteiger partial charge in [0.1, 0.15) is 12.3 Å². The van der Waals surface area contributed by atoms with Crippen molar-refractivity contribution < 1.29 is 19.1 Å². The molecule has 0 spiro atoms. The maximum absolute atomic E-state index is 12.9. The van der Waals surface area contributed by atoms with Gasteiger partial charge in [0.15, 0.2) is 11.5 Å². The number of nitrogens with zero attached hydrogens (tertiary/aromatic N) is 1. The van der Waals surface area contributed by atoms with Crippen molar-refractivity contribution in [2.24, 2.45) is 0 Å². The maximum Gasteiger partial charge on any atom is 0.329 e. The van der Waals surface area contributed by atoms with Crippen molar-refractivity contribution in [2.75, 3.05) is 7.11 Å². The Morgan fingerprint density at radius 3 is 2.42 bits per heavy atom. The summed E-state index contributed by atoms with van der Waals surface area (Å²) in [5.74, 6) is 0.823. The largest absolute Gasteiger partial charge is 0.493 e. The van der Waals surface area contributed by atoms with Gasteiger partial charge < -0.3 is 14.8 Å². The average Bonchev–Trinajstić information content (AvgIpc) is 3.07. The first-order valence-electron chi connectivity index (χ1n) is 10.4. The van der Waals surface area contributed by atoms with E-state index in [-0.39, 0.29) is 18.1 Å². The summed E-state index contributed by atoms with van der Waals surface area (Å²) in [6.45, 7) is 2.62. The molecule has 0 radical (unpaired) electrons. The molecule has 1 aliphatic rings. The third-order valence-corrected chi connectivity index (χ3v) is 6.01. The fourth-order valence-electron chi connectivity index (χ4n) is 3.45. The molecule has 0 aliphatic carbocycles. The van der Waals surface area contributed by atoms with Crippen LogP contribution in [0.3, 0.4) is 0 Å². The predicted molar refractivity (Wildman–Crippen MR) is 135 cm³/mol. The quantitative estimate of drug-likeness (QED) is 0.245. The Morgan fingerprint density at radius 2 is 1.73 bits per heavy atom. The molecule has 7 heteroatoms. The third-order valence-electron chi connectivity index (χ3n) is 5.21. The van der Waals surface area contributed by atoms with Crippen LogP contribution in [-0.4, -0.2) is 23.9 Å². The van der Waals surface area contributed by atoms with Crippen LogP contribution in [0.1, 0.15) is 22.3 Å². The van der Waals surface area contributed by atoms with E-state index in [0.29, 0.717) is 18.1 Å². The summed E-state index contributed by atoms with van der Waals surface area (Å²) in [4.78, 5) is 26.5. The molecule has 1 fully saturated rings. The van der Waals surface area contributed by atoms with Gasteiger partial charge in [0.05, 0.1) is 17.2 Å². The highest BCUT2D eigenvalue weighted by atomic mass is 127. The summed E-state index contributed by atoms with van der Waals surface area (Å²) in [7, 11) is 1.57. The van der Waals surface area contributed by atoms with Gasteiger partial charge in [-0.05, 0) is 64.4 Å². The minimum absolute atomic E-state index is 0.218. The minimum Gasteiger partial charge on any atom is -0.493 e. The second-order valence-corrected chi connectivity index (χ2v) is 8.84. The van der Waals surface area contributed by atoms with Gasteiger partial charge in [0, 0.05) is 0 Å². The van der Waals surface area contributed by atoms with Crippen LogP contribution in [0.5, 0.6) is 11.5 Å². The van der Waals surface area contributed by atoms with Crippen molar-refractivity contribution in [3.05, 3.63) is 98.3 Å². The fourth-order valence-corrected chi connectivity index (χ4v) is 4.23. The summed E-state index contributed by atoms with van der Waals surface area (Å²) >= 11 is 2.18. The van der Waals surface area contributed by atoms with Gasteiger partial charge >= 0.3 is 6.03 Å². The molecule has 3 aromatic rings. The first-order valence-corrected chi connectivity index (χ1v) is 11.5. The number of ether oxygens (including phenoxy) is 2. The first kappa shape index (κ1) is 22.8. The maximum atomic E-state index is 12.9. The van der Waals surface area contributed by atoms with Crippen LogP contribution in [0, 0.1) is 10.5 Å². The van der Waals surface area contributed by atoms with Crippen LogP contribution in [0.25, 0.3) is 6.08 Å². The molecule has 1 heterocycles. The Bertz CT molecular complexity index is 1210. The highest BCUT2D eigenvalue weighted by molar-refractivity contribution is 14.1. The van der Waals surface area contributed by atoms with Crippen LogP contribution >= 0.6 is 22.6 Å². The highest BCUT2D eigenvalue weighted by Gasteiger charge is 2.33.